The van der Waals surface area contributed by atoms with E-state index in [2.05, 4.69) is 0 Å². The van der Waals surface area contributed by atoms with E-state index in [1.165, 1.54) is 4.90 Å². The van der Waals surface area contributed by atoms with Gasteiger partial charge in [0.05, 0.1) is 5.69 Å². The van der Waals surface area contributed by atoms with E-state index in [0.29, 0.717) is 0 Å². The summed E-state index contributed by atoms with van der Waals surface area (Å²) in [6, 6.07) is 1.16. The molecule has 0 saturated carbocycles. The van der Waals surface area contributed by atoms with E-state index in [0.717, 1.165) is 6.07 Å². The molecule has 1 rings (SSSR count). The van der Waals surface area contributed by atoms with E-state index >= 15 is 0 Å². The van der Waals surface area contributed by atoms with Gasteiger partial charge in [-0.15, -0.1) is 0 Å². The summed E-state index contributed by atoms with van der Waals surface area (Å²) in [4.78, 5) is 1.49. The maximum atomic E-state index is 9.31. The van der Waals surface area contributed by atoms with E-state index in [4.69, 9.17) is 15.3 Å². The average Bonchev–Trinajstić information content (AvgIpc) is 2.07. The van der Waals surface area contributed by atoms with E-state index in [1.54, 1.807) is 14.1 Å². The maximum Gasteiger partial charge on any atom is 0.206 e. The molecule has 0 aliphatic heterocycles. The molecule has 1 aromatic carbocycles. The Bertz CT molecular complexity index is 335. The van der Waals surface area contributed by atoms with Gasteiger partial charge in [-0.05, 0) is 0 Å². The van der Waals surface area contributed by atoms with Crippen molar-refractivity contribution in [2.24, 2.45) is 0 Å². The van der Waals surface area contributed by atoms with Crippen molar-refractivity contribution in [2.45, 2.75) is 0 Å². The molecule has 4 N–H and O–H groups in total. The van der Waals surface area contributed by atoms with Crippen LogP contribution in [0.15, 0.2) is 6.07 Å². The van der Waals surface area contributed by atoms with Crippen molar-refractivity contribution in [3.8, 4) is 23.0 Å². The highest BCUT2D eigenvalue weighted by Crippen LogP contribution is 2.47. The van der Waals surface area contributed by atoms with Crippen LogP contribution in [0.5, 0.6) is 23.0 Å². The van der Waals surface area contributed by atoms with E-state index < -0.39 is 23.0 Å². The number of anilines is 1. The number of aromatic hydroxyl groups is 4. The molecule has 0 aliphatic carbocycles. The van der Waals surface area contributed by atoms with Crippen molar-refractivity contribution in [3.05, 3.63) is 6.07 Å². The van der Waals surface area contributed by atoms with Crippen molar-refractivity contribution in [3.63, 3.8) is 0 Å². The molecule has 0 spiro atoms. The fourth-order valence-electron chi connectivity index (χ4n) is 0.962. The van der Waals surface area contributed by atoms with Gasteiger partial charge in [-0.1, -0.05) is 0 Å². The number of benzene rings is 1. The molecule has 5 nitrogen and oxygen atoms in total. The molecule has 0 fully saturated rings. The van der Waals surface area contributed by atoms with Crippen LogP contribution in [0.1, 0.15) is 0 Å². The highest BCUT2D eigenvalue weighted by atomic mass is 16.3. The van der Waals surface area contributed by atoms with Gasteiger partial charge in [0, 0.05) is 20.2 Å². The summed E-state index contributed by atoms with van der Waals surface area (Å²) in [5.74, 6) is -2.37. The Morgan fingerprint density at radius 2 is 1.46 bits per heavy atom. The first-order valence-corrected chi connectivity index (χ1v) is 3.59. The summed E-state index contributed by atoms with van der Waals surface area (Å²) in [7, 11) is 3.26. The molecule has 0 radical (unpaired) electrons. The average molecular weight is 185 g/mol. The lowest BCUT2D eigenvalue weighted by Crippen LogP contribution is -2.08. The minimum Gasteiger partial charge on any atom is -0.504 e. The monoisotopic (exact) mass is 185 g/mol. The van der Waals surface area contributed by atoms with E-state index in [1.807, 2.05) is 0 Å². The molecule has 1 aromatic rings. The molecule has 72 valence electrons. The molecule has 0 atom stereocenters. The second kappa shape index (κ2) is 2.93. The van der Waals surface area contributed by atoms with Gasteiger partial charge in [0.2, 0.25) is 11.5 Å². The van der Waals surface area contributed by atoms with Crippen LogP contribution in [0.2, 0.25) is 0 Å². The van der Waals surface area contributed by atoms with Gasteiger partial charge in [0.15, 0.2) is 11.5 Å². The first kappa shape index (κ1) is 9.31. The van der Waals surface area contributed by atoms with Gasteiger partial charge < -0.3 is 25.3 Å². The molecule has 0 amide bonds. The standard InChI is InChI=1S/C8H11NO4/c1-9(2)4-3-5(10)7(12)8(13)6(4)11/h3,10-13H,1-2H3. The van der Waals surface area contributed by atoms with E-state index in [-0.39, 0.29) is 5.69 Å². The number of phenols is 4. The van der Waals surface area contributed by atoms with Gasteiger partial charge in [-0.2, -0.15) is 0 Å². The van der Waals surface area contributed by atoms with Gasteiger partial charge in [0.25, 0.3) is 0 Å². The zero-order valence-electron chi connectivity index (χ0n) is 7.31. The van der Waals surface area contributed by atoms with Crippen molar-refractivity contribution in [1.29, 1.82) is 0 Å². The van der Waals surface area contributed by atoms with Crippen LogP contribution in [-0.2, 0) is 0 Å². The highest BCUT2D eigenvalue weighted by Gasteiger charge is 2.16. The molecular weight excluding hydrogens is 174 g/mol. The number of hydrogen-bond donors (Lipinski definition) is 4. The zero-order valence-corrected chi connectivity index (χ0v) is 7.31. The molecule has 0 aromatic heterocycles. The molecule has 13 heavy (non-hydrogen) atoms. The number of phenolic OH excluding ortho intramolecular Hbond substituents is 4. The summed E-state index contributed by atoms with van der Waals surface area (Å²) < 4.78 is 0. The Kier molecular flexibility index (Phi) is 2.10. The lowest BCUT2D eigenvalue weighted by molar-refractivity contribution is 0.346. The van der Waals surface area contributed by atoms with Gasteiger partial charge in [-0.25, -0.2) is 0 Å². The first-order chi connectivity index (χ1) is 5.95. The first-order valence-electron chi connectivity index (χ1n) is 3.59. The second-order valence-corrected chi connectivity index (χ2v) is 2.86. The molecule has 0 heterocycles. The Morgan fingerprint density at radius 1 is 0.923 bits per heavy atom. The molecule has 0 bridgehead atoms. The minimum atomic E-state index is -0.719. The normalized spacial score (nSPS) is 10.0. The van der Waals surface area contributed by atoms with Crippen LogP contribution in [0.25, 0.3) is 0 Å². The fraction of sp³-hybridized carbons (Fsp3) is 0.250. The Balaban J connectivity index is 3.41. The van der Waals surface area contributed by atoms with Crippen LogP contribution in [0.4, 0.5) is 5.69 Å². The predicted molar refractivity (Wildman–Crippen MR) is 47.4 cm³/mol. The smallest absolute Gasteiger partial charge is 0.206 e. The molecular formula is C8H11NO4. The van der Waals surface area contributed by atoms with Gasteiger partial charge in [0.1, 0.15) is 0 Å². The lowest BCUT2D eigenvalue weighted by atomic mass is 10.2. The fourth-order valence-corrected chi connectivity index (χ4v) is 0.962. The number of rotatable bonds is 1. The van der Waals surface area contributed by atoms with E-state index in [9.17, 15) is 5.11 Å². The summed E-state index contributed by atoms with van der Waals surface area (Å²) in [6.07, 6.45) is 0. The maximum absolute atomic E-state index is 9.31. The third kappa shape index (κ3) is 1.40. The highest BCUT2D eigenvalue weighted by molar-refractivity contribution is 5.71. The Hall–Kier alpha value is -1.78. The quantitative estimate of drug-likeness (QED) is 0.380. The summed E-state index contributed by atoms with van der Waals surface area (Å²) in [6.45, 7) is 0. The summed E-state index contributed by atoms with van der Waals surface area (Å²) in [5.41, 5.74) is 0.229. The number of nitrogens with zero attached hydrogens (tertiary/aromatic N) is 1. The predicted octanol–water partition coefficient (Wildman–Crippen LogP) is 0.575. The minimum absolute atomic E-state index is 0.229. The summed E-state index contributed by atoms with van der Waals surface area (Å²) in [5, 5.41) is 36.6. The van der Waals surface area contributed by atoms with Gasteiger partial charge in [-0.3, -0.25) is 0 Å². The van der Waals surface area contributed by atoms with Gasteiger partial charge >= 0.3 is 0 Å². The Morgan fingerprint density at radius 3 is 1.92 bits per heavy atom. The molecule has 0 saturated heterocycles. The number of hydrogen-bond acceptors (Lipinski definition) is 5. The SMILES string of the molecule is CN(C)c1cc(O)c(O)c(O)c1O. The van der Waals surface area contributed by atoms with Crippen LogP contribution >= 0.6 is 0 Å². The van der Waals surface area contributed by atoms with Crippen LogP contribution in [-0.4, -0.2) is 34.5 Å². The second-order valence-electron chi connectivity index (χ2n) is 2.86. The molecule has 0 aliphatic rings. The van der Waals surface area contributed by atoms with Crippen molar-refractivity contribution < 1.29 is 20.4 Å². The van der Waals surface area contributed by atoms with Crippen molar-refractivity contribution in [1.82, 2.24) is 0 Å². The topological polar surface area (TPSA) is 84.2 Å². The molecule has 5 heteroatoms. The third-order valence-corrected chi connectivity index (χ3v) is 1.69. The van der Waals surface area contributed by atoms with Crippen molar-refractivity contribution >= 4 is 5.69 Å². The lowest BCUT2D eigenvalue weighted by Gasteiger charge is -2.15. The zero-order chi connectivity index (χ0) is 10.2. The summed E-state index contributed by atoms with van der Waals surface area (Å²) >= 11 is 0. The third-order valence-electron chi connectivity index (χ3n) is 1.69. The van der Waals surface area contributed by atoms with Crippen molar-refractivity contribution in [2.75, 3.05) is 19.0 Å². The largest absolute Gasteiger partial charge is 0.504 e. The van der Waals surface area contributed by atoms with Crippen LogP contribution < -0.4 is 4.90 Å². The Labute approximate surface area is 75.1 Å². The van der Waals surface area contributed by atoms with Crippen LogP contribution in [0, 0.1) is 0 Å². The molecule has 0 unspecified atom stereocenters. The van der Waals surface area contributed by atoms with Crippen LogP contribution in [0.3, 0.4) is 0 Å².